The highest BCUT2D eigenvalue weighted by Crippen LogP contribution is 2.49. The molecule has 12 aromatic carbocycles. The maximum Gasteiger partial charge on any atom is 0.0468 e. The molecule has 0 amide bonds. The average molecular weight is 867 g/mol. The SMILES string of the molecule is C1=Cc2cc(N(c3ccc4ccccc4c3)c3ccc4c(-c5ccccc5)c5cc(N(c6ccc7ccccc7c6)c6ccc7ccccc7c6)ccc5c(-c5ccccc5)c4c3)ccc2CC1. The molecule has 0 aliphatic heterocycles. The van der Waals surface area contributed by atoms with Crippen molar-refractivity contribution in [1.29, 1.82) is 0 Å². The molecule has 2 heteroatoms. The Labute approximate surface area is 396 Å². The zero-order valence-electron chi connectivity index (χ0n) is 37.6. The maximum absolute atomic E-state index is 2.45. The van der Waals surface area contributed by atoms with Crippen LogP contribution in [-0.4, -0.2) is 0 Å². The zero-order valence-corrected chi connectivity index (χ0v) is 37.6. The van der Waals surface area contributed by atoms with Crippen LogP contribution in [0.3, 0.4) is 0 Å². The van der Waals surface area contributed by atoms with Gasteiger partial charge in [-0.25, -0.2) is 0 Å². The quantitative estimate of drug-likeness (QED) is 0.140. The average Bonchev–Trinajstić information content (AvgIpc) is 3.40. The fourth-order valence-electron chi connectivity index (χ4n) is 10.7. The number of hydrogen-bond donors (Lipinski definition) is 0. The highest BCUT2D eigenvalue weighted by atomic mass is 15.1. The van der Waals surface area contributed by atoms with Crippen molar-refractivity contribution in [1.82, 2.24) is 0 Å². The summed E-state index contributed by atoms with van der Waals surface area (Å²) in [6, 6.07) is 89.7. The van der Waals surface area contributed by atoms with Gasteiger partial charge in [-0.15, -0.1) is 0 Å². The molecule has 0 aromatic heterocycles. The molecule has 1 aliphatic rings. The minimum absolute atomic E-state index is 1.07. The number of fused-ring (bicyclic) bond motifs is 6. The van der Waals surface area contributed by atoms with Gasteiger partial charge in [0.2, 0.25) is 0 Å². The molecule has 2 nitrogen and oxygen atoms in total. The maximum atomic E-state index is 2.45. The molecule has 0 heterocycles. The van der Waals surface area contributed by atoms with Crippen molar-refractivity contribution in [3.8, 4) is 22.3 Å². The molecule has 0 unspecified atom stereocenters. The van der Waals surface area contributed by atoms with E-state index < -0.39 is 0 Å². The van der Waals surface area contributed by atoms with E-state index in [9.17, 15) is 0 Å². The molecule has 0 atom stereocenters. The van der Waals surface area contributed by atoms with E-state index in [1.165, 1.54) is 87.2 Å². The van der Waals surface area contributed by atoms with E-state index >= 15 is 0 Å². The second-order valence-corrected chi connectivity index (χ2v) is 18.0. The van der Waals surface area contributed by atoms with Crippen molar-refractivity contribution in [3.63, 3.8) is 0 Å². The van der Waals surface area contributed by atoms with Crippen LogP contribution in [0.2, 0.25) is 0 Å². The number of allylic oxidation sites excluding steroid dienone is 1. The van der Waals surface area contributed by atoms with Crippen LogP contribution in [0.25, 0.3) is 82.2 Å². The Morgan fingerprint density at radius 2 is 0.647 bits per heavy atom. The summed E-state index contributed by atoms with van der Waals surface area (Å²) >= 11 is 0. The molecule has 0 saturated heterocycles. The minimum atomic E-state index is 1.07. The van der Waals surface area contributed by atoms with Crippen LogP contribution in [0.5, 0.6) is 0 Å². The number of aryl methyl sites for hydroxylation is 1. The van der Waals surface area contributed by atoms with E-state index in [1.807, 2.05) is 0 Å². The van der Waals surface area contributed by atoms with Gasteiger partial charge in [0.25, 0.3) is 0 Å². The summed E-state index contributed by atoms with van der Waals surface area (Å²) in [5, 5.41) is 12.1. The molecule has 1 aliphatic carbocycles. The normalized spacial score (nSPS) is 12.2. The summed E-state index contributed by atoms with van der Waals surface area (Å²) < 4.78 is 0. The first kappa shape index (κ1) is 39.6. The Kier molecular flexibility index (Phi) is 9.68. The van der Waals surface area contributed by atoms with E-state index in [-0.39, 0.29) is 0 Å². The minimum Gasteiger partial charge on any atom is -0.310 e. The monoisotopic (exact) mass is 866 g/mol. The summed E-state index contributed by atoms with van der Waals surface area (Å²) in [4.78, 5) is 4.88. The van der Waals surface area contributed by atoms with Gasteiger partial charge in [0.1, 0.15) is 0 Å². The Morgan fingerprint density at radius 3 is 1.10 bits per heavy atom. The highest BCUT2D eigenvalue weighted by molar-refractivity contribution is 6.22. The summed E-state index contributed by atoms with van der Waals surface area (Å²) in [5.41, 5.74) is 14.2. The van der Waals surface area contributed by atoms with Gasteiger partial charge >= 0.3 is 0 Å². The fraction of sp³-hybridized carbons (Fsp3) is 0.0303. The molecule has 12 aromatic rings. The first-order valence-electron chi connectivity index (χ1n) is 23.7. The van der Waals surface area contributed by atoms with Crippen molar-refractivity contribution in [2.75, 3.05) is 9.80 Å². The number of nitrogens with zero attached hydrogens (tertiary/aromatic N) is 2. The molecule has 320 valence electrons. The summed E-state index contributed by atoms with van der Waals surface area (Å²) in [6.07, 6.45) is 6.75. The van der Waals surface area contributed by atoms with E-state index in [0.717, 1.165) is 47.0 Å². The summed E-state index contributed by atoms with van der Waals surface area (Å²) in [6.45, 7) is 0. The van der Waals surface area contributed by atoms with Crippen molar-refractivity contribution < 1.29 is 0 Å². The lowest BCUT2D eigenvalue weighted by atomic mass is 9.85. The standard InChI is InChI=1S/C66H46N2/c1-3-19-49(20-4-1)65-61-37-35-60(68(57-33-29-47-17-9-13-25-53(47)41-57)58-34-30-48-18-10-14-26-54(48)42-58)44-64(61)66(50-21-5-2-6-22-50)62-38-36-59(43-63(62)65)67(55-31-27-45-15-7-11-23-51(45)39-55)56-32-28-46-16-8-12-24-52(46)40-56/h1-9,11-17,19-44H,10,18H2. The van der Waals surface area contributed by atoms with Gasteiger partial charge in [-0.3, -0.25) is 0 Å². The third kappa shape index (κ3) is 6.98. The van der Waals surface area contributed by atoms with Crippen LogP contribution in [-0.2, 0) is 6.42 Å². The Balaban J connectivity index is 1.09. The van der Waals surface area contributed by atoms with E-state index in [0.29, 0.717) is 0 Å². The molecule has 0 radical (unpaired) electrons. The largest absolute Gasteiger partial charge is 0.310 e. The topological polar surface area (TPSA) is 6.48 Å². The van der Waals surface area contributed by atoms with Crippen molar-refractivity contribution in [2.45, 2.75) is 12.8 Å². The van der Waals surface area contributed by atoms with E-state index in [1.54, 1.807) is 0 Å². The Morgan fingerprint density at radius 1 is 0.279 bits per heavy atom. The van der Waals surface area contributed by atoms with E-state index in [4.69, 9.17) is 0 Å². The van der Waals surface area contributed by atoms with Gasteiger partial charge in [-0.05, 0) is 173 Å². The predicted molar refractivity (Wildman–Crippen MR) is 292 cm³/mol. The van der Waals surface area contributed by atoms with Crippen LogP contribution in [0, 0.1) is 0 Å². The summed E-state index contributed by atoms with van der Waals surface area (Å²) in [5.74, 6) is 0. The van der Waals surface area contributed by atoms with Crippen molar-refractivity contribution in [2.24, 2.45) is 0 Å². The van der Waals surface area contributed by atoms with Crippen LogP contribution in [0.15, 0.2) is 249 Å². The third-order valence-corrected chi connectivity index (χ3v) is 14.0. The van der Waals surface area contributed by atoms with E-state index in [2.05, 4.69) is 265 Å². The fourth-order valence-corrected chi connectivity index (χ4v) is 10.7. The van der Waals surface area contributed by atoms with Crippen LogP contribution in [0.1, 0.15) is 17.5 Å². The molecular formula is C66H46N2. The van der Waals surface area contributed by atoms with Crippen LogP contribution in [0.4, 0.5) is 34.1 Å². The summed E-state index contributed by atoms with van der Waals surface area (Å²) in [7, 11) is 0. The Bertz CT molecular complexity index is 3850. The van der Waals surface area contributed by atoms with Gasteiger partial charge in [-0.2, -0.15) is 0 Å². The predicted octanol–water partition coefficient (Wildman–Crippen LogP) is 18.7. The molecule has 0 saturated carbocycles. The number of rotatable bonds is 8. The third-order valence-electron chi connectivity index (χ3n) is 14.0. The second kappa shape index (κ2) is 16.6. The first-order valence-corrected chi connectivity index (χ1v) is 23.7. The zero-order chi connectivity index (χ0) is 45.0. The molecule has 0 fully saturated rings. The molecule has 0 spiro atoms. The number of benzene rings is 12. The smallest absolute Gasteiger partial charge is 0.0468 e. The lowest BCUT2D eigenvalue weighted by Crippen LogP contribution is -2.11. The van der Waals surface area contributed by atoms with Crippen molar-refractivity contribution in [3.05, 3.63) is 260 Å². The molecule has 68 heavy (non-hydrogen) atoms. The number of anilines is 6. The van der Waals surface area contributed by atoms with Gasteiger partial charge in [0.15, 0.2) is 0 Å². The van der Waals surface area contributed by atoms with Gasteiger partial charge in [0, 0.05) is 34.1 Å². The lowest BCUT2D eigenvalue weighted by molar-refractivity contribution is 0.985. The second-order valence-electron chi connectivity index (χ2n) is 18.0. The Hall–Kier alpha value is -8.72. The molecule has 0 N–H and O–H groups in total. The molecule has 13 rings (SSSR count). The molecular weight excluding hydrogens is 821 g/mol. The number of hydrogen-bond acceptors (Lipinski definition) is 2. The van der Waals surface area contributed by atoms with Crippen LogP contribution < -0.4 is 9.80 Å². The van der Waals surface area contributed by atoms with Crippen molar-refractivity contribution >= 4 is 94.1 Å². The first-order chi connectivity index (χ1) is 33.7. The molecule has 0 bridgehead atoms. The van der Waals surface area contributed by atoms with Crippen LogP contribution >= 0.6 is 0 Å². The van der Waals surface area contributed by atoms with Gasteiger partial charge in [0.05, 0.1) is 0 Å². The van der Waals surface area contributed by atoms with Gasteiger partial charge < -0.3 is 9.80 Å². The van der Waals surface area contributed by atoms with Gasteiger partial charge in [-0.1, -0.05) is 182 Å². The highest BCUT2D eigenvalue weighted by Gasteiger charge is 2.23. The lowest BCUT2D eigenvalue weighted by Gasteiger charge is -2.29.